The smallest absolute Gasteiger partial charge is 0.416 e. The Morgan fingerprint density at radius 3 is 2.24 bits per heavy atom. The Morgan fingerprint density at radius 1 is 1.29 bits per heavy atom. The lowest BCUT2D eigenvalue weighted by Gasteiger charge is -2.07. The molecular weight excluding hydrogens is 233 g/mol. The number of carbonyl (C=O) groups is 1. The second kappa shape index (κ2) is 5.03. The highest BCUT2D eigenvalue weighted by molar-refractivity contribution is 5.89. The van der Waals surface area contributed by atoms with Crippen LogP contribution in [0.15, 0.2) is 36.4 Å². The molecule has 5 heteroatoms. The molecule has 1 aromatic carbocycles. The summed E-state index contributed by atoms with van der Waals surface area (Å²) in [5.41, 5.74) is -0.0570. The molecule has 0 N–H and O–H groups in total. The summed E-state index contributed by atoms with van der Waals surface area (Å²) >= 11 is 0. The van der Waals surface area contributed by atoms with Crippen molar-refractivity contribution in [3.05, 3.63) is 47.5 Å². The van der Waals surface area contributed by atoms with Gasteiger partial charge in [0, 0.05) is 0 Å². The molecule has 17 heavy (non-hydrogen) atoms. The lowest BCUT2D eigenvalue weighted by atomic mass is 10.1. The van der Waals surface area contributed by atoms with Crippen LogP contribution in [-0.4, -0.2) is 12.6 Å². The quantitative estimate of drug-likeness (QED) is 0.601. The molecule has 0 aliphatic rings. The first-order chi connectivity index (χ1) is 7.80. The van der Waals surface area contributed by atoms with E-state index in [0.717, 1.165) is 24.3 Å². The SMILES string of the molecule is C=C(C)COC(=O)c1ccc(C(F)(F)F)cc1. The number of rotatable bonds is 3. The van der Waals surface area contributed by atoms with E-state index in [1.165, 1.54) is 0 Å². The minimum Gasteiger partial charge on any atom is -0.458 e. The lowest BCUT2D eigenvalue weighted by molar-refractivity contribution is -0.137. The molecular formula is C12H11F3O2. The van der Waals surface area contributed by atoms with Gasteiger partial charge in [-0.05, 0) is 36.8 Å². The van der Waals surface area contributed by atoms with Crippen LogP contribution in [0.5, 0.6) is 0 Å². The zero-order chi connectivity index (χ0) is 13.1. The molecule has 0 radical (unpaired) electrons. The molecule has 0 spiro atoms. The molecule has 0 unspecified atom stereocenters. The Hall–Kier alpha value is -1.78. The predicted octanol–water partition coefficient (Wildman–Crippen LogP) is 3.44. The van der Waals surface area contributed by atoms with Gasteiger partial charge in [0.25, 0.3) is 0 Å². The summed E-state index contributed by atoms with van der Waals surface area (Å²) < 4.78 is 41.5. The minimum atomic E-state index is -4.40. The topological polar surface area (TPSA) is 26.3 Å². The Labute approximate surface area is 96.7 Å². The van der Waals surface area contributed by atoms with Crippen molar-refractivity contribution in [2.24, 2.45) is 0 Å². The maximum absolute atomic E-state index is 12.2. The van der Waals surface area contributed by atoms with Gasteiger partial charge in [0.1, 0.15) is 6.61 Å². The Kier molecular flexibility index (Phi) is 3.93. The molecule has 0 amide bonds. The van der Waals surface area contributed by atoms with Crippen LogP contribution < -0.4 is 0 Å². The fraction of sp³-hybridized carbons (Fsp3) is 0.250. The van der Waals surface area contributed by atoms with Gasteiger partial charge in [-0.1, -0.05) is 6.58 Å². The monoisotopic (exact) mass is 244 g/mol. The van der Waals surface area contributed by atoms with E-state index in [1.54, 1.807) is 6.92 Å². The van der Waals surface area contributed by atoms with Gasteiger partial charge in [0.05, 0.1) is 11.1 Å². The predicted molar refractivity (Wildman–Crippen MR) is 56.5 cm³/mol. The van der Waals surface area contributed by atoms with Crippen LogP contribution >= 0.6 is 0 Å². The van der Waals surface area contributed by atoms with Gasteiger partial charge < -0.3 is 4.74 Å². The van der Waals surface area contributed by atoms with Gasteiger partial charge in [-0.15, -0.1) is 0 Å². The summed E-state index contributed by atoms with van der Waals surface area (Å²) in [6.45, 7) is 5.28. The summed E-state index contributed by atoms with van der Waals surface area (Å²) in [5, 5.41) is 0. The first-order valence-electron chi connectivity index (χ1n) is 4.79. The van der Waals surface area contributed by atoms with E-state index < -0.39 is 17.7 Å². The van der Waals surface area contributed by atoms with Gasteiger partial charge >= 0.3 is 12.1 Å². The first kappa shape index (κ1) is 13.3. The average molecular weight is 244 g/mol. The molecule has 0 aliphatic heterocycles. The van der Waals surface area contributed by atoms with Gasteiger partial charge in [0.2, 0.25) is 0 Å². The third-order valence-corrected chi connectivity index (χ3v) is 1.90. The normalized spacial score (nSPS) is 11.1. The molecule has 1 rings (SSSR count). The van der Waals surface area contributed by atoms with Crippen molar-refractivity contribution >= 4 is 5.97 Å². The molecule has 0 aromatic heterocycles. The van der Waals surface area contributed by atoms with Gasteiger partial charge in [-0.3, -0.25) is 0 Å². The van der Waals surface area contributed by atoms with E-state index in [9.17, 15) is 18.0 Å². The molecule has 0 atom stereocenters. The summed E-state index contributed by atoms with van der Waals surface area (Å²) in [6, 6.07) is 3.86. The zero-order valence-electron chi connectivity index (χ0n) is 9.17. The van der Waals surface area contributed by atoms with Crippen molar-refractivity contribution in [2.75, 3.05) is 6.61 Å². The molecule has 0 fully saturated rings. The Bertz CT molecular complexity index is 418. The number of halogens is 3. The van der Waals surface area contributed by atoms with Gasteiger partial charge in [-0.25, -0.2) is 4.79 Å². The third kappa shape index (κ3) is 3.94. The zero-order valence-corrected chi connectivity index (χ0v) is 9.17. The number of hydrogen-bond acceptors (Lipinski definition) is 2. The van der Waals surface area contributed by atoms with E-state index in [4.69, 9.17) is 4.74 Å². The first-order valence-corrected chi connectivity index (χ1v) is 4.79. The highest BCUT2D eigenvalue weighted by Crippen LogP contribution is 2.29. The summed E-state index contributed by atoms with van der Waals surface area (Å²) in [5.74, 6) is -0.665. The maximum atomic E-state index is 12.2. The van der Waals surface area contributed by atoms with E-state index in [0.29, 0.717) is 5.57 Å². The molecule has 0 saturated heterocycles. The van der Waals surface area contributed by atoms with E-state index >= 15 is 0 Å². The van der Waals surface area contributed by atoms with E-state index in [1.807, 2.05) is 0 Å². The summed E-state index contributed by atoms with van der Waals surface area (Å²) in [4.78, 5) is 11.4. The molecule has 2 nitrogen and oxygen atoms in total. The Morgan fingerprint density at radius 2 is 1.82 bits per heavy atom. The van der Waals surface area contributed by atoms with Crippen molar-refractivity contribution in [2.45, 2.75) is 13.1 Å². The van der Waals surface area contributed by atoms with Crippen molar-refractivity contribution in [3.63, 3.8) is 0 Å². The maximum Gasteiger partial charge on any atom is 0.416 e. The fourth-order valence-electron chi connectivity index (χ4n) is 1.07. The molecule has 1 aromatic rings. The van der Waals surface area contributed by atoms with Gasteiger partial charge in [0.15, 0.2) is 0 Å². The van der Waals surface area contributed by atoms with E-state index in [-0.39, 0.29) is 12.2 Å². The summed E-state index contributed by atoms with van der Waals surface area (Å²) in [6.07, 6.45) is -4.40. The van der Waals surface area contributed by atoms with Crippen molar-refractivity contribution in [1.29, 1.82) is 0 Å². The highest BCUT2D eigenvalue weighted by atomic mass is 19.4. The van der Waals surface area contributed by atoms with Crippen molar-refractivity contribution < 1.29 is 22.7 Å². The van der Waals surface area contributed by atoms with Crippen LogP contribution in [0.1, 0.15) is 22.8 Å². The number of alkyl halides is 3. The highest BCUT2D eigenvalue weighted by Gasteiger charge is 2.30. The largest absolute Gasteiger partial charge is 0.458 e. The number of hydrogen-bond donors (Lipinski definition) is 0. The van der Waals surface area contributed by atoms with E-state index in [2.05, 4.69) is 6.58 Å². The van der Waals surface area contributed by atoms with Crippen molar-refractivity contribution in [1.82, 2.24) is 0 Å². The summed E-state index contributed by atoms with van der Waals surface area (Å²) in [7, 11) is 0. The van der Waals surface area contributed by atoms with Crippen LogP contribution in [-0.2, 0) is 10.9 Å². The molecule has 92 valence electrons. The fourth-order valence-corrected chi connectivity index (χ4v) is 1.07. The standard InChI is InChI=1S/C12H11F3O2/c1-8(2)7-17-11(16)9-3-5-10(6-4-9)12(13,14)15/h3-6H,1,7H2,2H3. The van der Waals surface area contributed by atoms with Crippen LogP contribution in [0.3, 0.4) is 0 Å². The van der Waals surface area contributed by atoms with Crippen LogP contribution in [0.4, 0.5) is 13.2 Å². The van der Waals surface area contributed by atoms with Crippen LogP contribution in [0, 0.1) is 0 Å². The molecule has 0 heterocycles. The third-order valence-electron chi connectivity index (χ3n) is 1.90. The second-order valence-corrected chi connectivity index (χ2v) is 3.61. The van der Waals surface area contributed by atoms with Crippen LogP contribution in [0.2, 0.25) is 0 Å². The molecule has 0 bridgehead atoms. The number of ether oxygens (including phenoxy) is 1. The average Bonchev–Trinajstić information content (AvgIpc) is 2.25. The van der Waals surface area contributed by atoms with Crippen LogP contribution in [0.25, 0.3) is 0 Å². The lowest BCUT2D eigenvalue weighted by Crippen LogP contribution is -2.09. The van der Waals surface area contributed by atoms with Gasteiger partial charge in [-0.2, -0.15) is 13.2 Å². The Balaban J connectivity index is 2.74. The minimum absolute atomic E-state index is 0.0554. The van der Waals surface area contributed by atoms with Crippen molar-refractivity contribution in [3.8, 4) is 0 Å². The number of carbonyl (C=O) groups excluding carboxylic acids is 1. The molecule has 0 saturated carbocycles. The number of benzene rings is 1. The second-order valence-electron chi connectivity index (χ2n) is 3.61. The molecule has 0 aliphatic carbocycles. The number of esters is 1.